The van der Waals surface area contributed by atoms with Crippen LogP contribution in [0, 0.1) is 6.92 Å². The third-order valence-electron chi connectivity index (χ3n) is 3.49. The number of ether oxygens (including phenoxy) is 2. The highest BCUT2D eigenvalue weighted by molar-refractivity contribution is 6.08. The van der Waals surface area contributed by atoms with Gasteiger partial charge in [-0.05, 0) is 31.2 Å². The first-order valence-electron chi connectivity index (χ1n) is 7.17. The van der Waals surface area contributed by atoms with Crippen molar-refractivity contribution in [2.45, 2.75) is 6.92 Å². The minimum atomic E-state index is -0.354. The van der Waals surface area contributed by atoms with Crippen molar-refractivity contribution >= 4 is 11.6 Å². The Morgan fingerprint density at radius 1 is 1.17 bits per heavy atom. The fourth-order valence-electron chi connectivity index (χ4n) is 2.33. The first-order chi connectivity index (χ1) is 11.6. The smallest absolute Gasteiger partial charge is 0.261 e. The van der Waals surface area contributed by atoms with E-state index in [-0.39, 0.29) is 5.91 Å². The topological polar surface area (TPSA) is 86.7 Å². The number of nitrogens with one attached hydrogen (secondary N) is 1. The van der Waals surface area contributed by atoms with E-state index in [0.717, 1.165) is 0 Å². The van der Waals surface area contributed by atoms with Crippen molar-refractivity contribution in [1.29, 1.82) is 0 Å². The fraction of sp³-hybridized carbons (Fsp3) is 0.176. The SMILES string of the molecule is COc1ccc(NC(=O)c2c(-c3ccco3)noc2C)cc1OC. The van der Waals surface area contributed by atoms with E-state index in [9.17, 15) is 4.79 Å². The number of methoxy groups -OCH3 is 2. The van der Waals surface area contributed by atoms with Gasteiger partial charge in [0.2, 0.25) is 0 Å². The molecule has 0 aliphatic carbocycles. The molecule has 24 heavy (non-hydrogen) atoms. The van der Waals surface area contributed by atoms with Gasteiger partial charge >= 0.3 is 0 Å². The summed E-state index contributed by atoms with van der Waals surface area (Å²) in [5, 5.41) is 6.71. The van der Waals surface area contributed by atoms with Crippen molar-refractivity contribution < 1.29 is 23.2 Å². The molecule has 7 nitrogen and oxygen atoms in total. The van der Waals surface area contributed by atoms with E-state index in [1.165, 1.54) is 13.4 Å². The van der Waals surface area contributed by atoms with Gasteiger partial charge in [-0.1, -0.05) is 5.16 Å². The van der Waals surface area contributed by atoms with Crippen LogP contribution in [-0.2, 0) is 0 Å². The predicted octanol–water partition coefficient (Wildman–Crippen LogP) is 3.51. The van der Waals surface area contributed by atoms with E-state index in [4.69, 9.17) is 18.4 Å². The molecule has 3 rings (SSSR count). The molecular weight excluding hydrogens is 312 g/mol. The van der Waals surface area contributed by atoms with Gasteiger partial charge in [0.05, 0.1) is 20.5 Å². The largest absolute Gasteiger partial charge is 0.493 e. The Morgan fingerprint density at radius 2 is 1.96 bits per heavy atom. The monoisotopic (exact) mass is 328 g/mol. The molecule has 3 aromatic rings. The Labute approximate surface area is 138 Å². The number of hydrogen-bond acceptors (Lipinski definition) is 6. The van der Waals surface area contributed by atoms with E-state index < -0.39 is 0 Å². The number of carbonyl (C=O) groups is 1. The summed E-state index contributed by atoms with van der Waals surface area (Å²) >= 11 is 0. The summed E-state index contributed by atoms with van der Waals surface area (Å²) in [7, 11) is 3.08. The molecule has 1 amide bonds. The van der Waals surface area contributed by atoms with Crippen LogP contribution in [0.2, 0.25) is 0 Å². The number of amides is 1. The standard InChI is InChI=1S/C17H16N2O5/c1-10-15(16(19-24-10)13-5-4-8-23-13)17(20)18-11-6-7-12(21-2)14(9-11)22-3/h4-9H,1-3H3,(H,18,20). The lowest BCUT2D eigenvalue weighted by atomic mass is 10.1. The molecule has 0 spiro atoms. The van der Waals surface area contributed by atoms with Crippen LogP contribution in [-0.4, -0.2) is 25.3 Å². The molecule has 0 saturated carbocycles. The lowest BCUT2D eigenvalue weighted by molar-refractivity contribution is 0.102. The molecule has 0 radical (unpaired) electrons. The average molecular weight is 328 g/mol. The first kappa shape index (κ1) is 15.7. The van der Waals surface area contributed by atoms with Gasteiger partial charge in [0.15, 0.2) is 23.0 Å². The van der Waals surface area contributed by atoms with Gasteiger partial charge in [0.25, 0.3) is 5.91 Å². The van der Waals surface area contributed by atoms with Gasteiger partial charge in [-0.2, -0.15) is 0 Å². The molecule has 7 heteroatoms. The second-order valence-electron chi connectivity index (χ2n) is 4.96. The van der Waals surface area contributed by atoms with Gasteiger partial charge in [-0.3, -0.25) is 4.79 Å². The second kappa shape index (κ2) is 6.49. The molecule has 0 atom stereocenters. The summed E-state index contributed by atoms with van der Waals surface area (Å²) in [5.41, 5.74) is 1.24. The summed E-state index contributed by atoms with van der Waals surface area (Å²) in [6.07, 6.45) is 1.51. The van der Waals surface area contributed by atoms with Gasteiger partial charge in [0, 0.05) is 11.8 Å². The van der Waals surface area contributed by atoms with E-state index in [2.05, 4.69) is 10.5 Å². The van der Waals surface area contributed by atoms with Crippen LogP contribution in [0.15, 0.2) is 45.5 Å². The summed E-state index contributed by atoms with van der Waals surface area (Å²) in [6, 6.07) is 8.53. The highest BCUT2D eigenvalue weighted by atomic mass is 16.5. The summed E-state index contributed by atoms with van der Waals surface area (Å²) < 4.78 is 20.9. The first-order valence-corrected chi connectivity index (χ1v) is 7.17. The van der Waals surface area contributed by atoms with Crippen LogP contribution in [0.3, 0.4) is 0 Å². The zero-order valence-electron chi connectivity index (χ0n) is 13.5. The van der Waals surface area contributed by atoms with E-state index in [0.29, 0.717) is 40.0 Å². The number of rotatable bonds is 5. The number of hydrogen-bond donors (Lipinski definition) is 1. The average Bonchev–Trinajstić information content (AvgIpc) is 3.23. The third kappa shape index (κ3) is 2.83. The zero-order chi connectivity index (χ0) is 17.1. The fourth-order valence-corrected chi connectivity index (χ4v) is 2.33. The highest BCUT2D eigenvalue weighted by Gasteiger charge is 2.23. The highest BCUT2D eigenvalue weighted by Crippen LogP contribution is 2.31. The maximum atomic E-state index is 12.6. The maximum Gasteiger partial charge on any atom is 0.261 e. The number of benzene rings is 1. The summed E-state index contributed by atoms with van der Waals surface area (Å²) in [4.78, 5) is 12.6. The molecular formula is C17H16N2O5. The van der Waals surface area contributed by atoms with Crippen molar-refractivity contribution in [2.75, 3.05) is 19.5 Å². The van der Waals surface area contributed by atoms with Crippen LogP contribution >= 0.6 is 0 Å². The maximum absolute atomic E-state index is 12.6. The normalized spacial score (nSPS) is 10.5. The second-order valence-corrected chi connectivity index (χ2v) is 4.96. The molecule has 124 valence electrons. The molecule has 2 heterocycles. The number of nitrogens with zero attached hydrogens (tertiary/aromatic N) is 1. The van der Waals surface area contributed by atoms with Crippen molar-refractivity contribution in [2.24, 2.45) is 0 Å². The number of aryl methyl sites for hydroxylation is 1. The van der Waals surface area contributed by atoms with E-state index >= 15 is 0 Å². The van der Waals surface area contributed by atoms with Crippen molar-refractivity contribution in [1.82, 2.24) is 5.16 Å². The molecule has 2 aromatic heterocycles. The zero-order valence-corrected chi connectivity index (χ0v) is 13.5. The molecule has 0 bridgehead atoms. The molecule has 1 N–H and O–H groups in total. The van der Waals surface area contributed by atoms with Crippen LogP contribution < -0.4 is 14.8 Å². The van der Waals surface area contributed by atoms with Crippen molar-refractivity contribution in [3.05, 3.63) is 47.9 Å². The number of aromatic nitrogens is 1. The lowest BCUT2D eigenvalue weighted by Gasteiger charge is -2.10. The van der Waals surface area contributed by atoms with Crippen molar-refractivity contribution in [3.63, 3.8) is 0 Å². The third-order valence-corrected chi connectivity index (χ3v) is 3.49. The van der Waals surface area contributed by atoms with Gasteiger partial charge < -0.3 is 23.7 Å². The van der Waals surface area contributed by atoms with Crippen LogP contribution in [0.4, 0.5) is 5.69 Å². The Kier molecular flexibility index (Phi) is 4.24. The van der Waals surface area contributed by atoms with Crippen LogP contribution in [0.5, 0.6) is 11.5 Å². The van der Waals surface area contributed by atoms with Gasteiger partial charge in [-0.25, -0.2) is 0 Å². The Morgan fingerprint density at radius 3 is 2.62 bits per heavy atom. The van der Waals surface area contributed by atoms with Crippen LogP contribution in [0.1, 0.15) is 16.1 Å². The summed E-state index contributed by atoms with van der Waals surface area (Å²) in [5.74, 6) is 1.60. The number of furan rings is 1. The minimum absolute atomic E-state index is 0.319. The van der Waals surface area contributed by atoms with Crippen LogP contribution in [0.25, 0.3) is 11.5 Å². The molecule has 0 aliphatic heterocycles. The molecule has 1 aromatic carbocycles. The molecule has 0 fully saturated rings. The van der Waals surface area contributed by atoms with Crippen molar-refractivity contribution in [3.8, 4) is 23.0 Å². The number of anilines is 1. The molecule has 0 unspecified atom stereocenters. The lowest BCUT2D eigenvalue weighted by Crippen LogP contribution is -2.13. The molecule has 0 aliphatic rings. The Bertz CT molecular complexity index is 852. The predicted molar refractivity (Wildman–Crippen MR) is 86.4 cm³/mol. The Hall–Kier alpha value is -3.22. The minimum Gasteiger partial charge on any atom is -0.493 e. The molecule has 0 saturated heterocycles. The summed E-state index contributed by atoms with van der Waals surface area (Å²) in [6.45, 7) is 1.67. The van der Waals surface area contributed by atoms with Gasteiger partial charge in [-0.15, -0.1) is 0 Å². The number of carbonyl (C=O) groups excluding carboxylic acids is 1. The van der Waals surface area contributed by atoms with E-state index in [1.54, 1.807) is 44.4 Å². The Balaban J connectivity index is 1.90. The van der Waals surface area contributed by atoms with E-state index in [1.807, 2.05) is 0 Å². The quantitative estimate of drug-likeness (QED) is 0.771. The van der Waals surface area contributed by atoms with Gasteiger partial charge in [0.1, 0.15) is 11.3 Å².